The van der Waals surface area contributed by atoms with Crippen molar-refractivity contribution in [2.45, 2.75) is 26.0 Å². The number of hydrogen-bond acceptors (Lipinski definition) is 7. The molecule has 1 aliphatic rings. The molecule has 0 bridgehead atoms. The minimum absolute atomic E-state index is 0.0407. The molecule has 10 heteroatoms. The molecule has 1 heterocycles. The zero-order chi connectivity index (χ0) is 27.8. The molecule has 0 unspecified atom stereocenters. The van der Waals surface area contributed by atoms with Gasteiger partial charge in [-0.2, -0.15) is 0 Å². The Morgan fingerprint density at radius 1 is 1.05 bits per heavy atom. The van der Waals surface area contributed by atoms with Crippen LogP contribution in [0, 0.1) is 5.92 Å². The maximum Gasteiger partial charge on any atom is 0.257 e. The van der Waals surface area contributed by atoms with Crippen LogP contribution in [0.1, 0.15) is 34.6 Å². The smallest absolute Gasteiger partial charge is 0.257 e. The van der Waals surface area contributed by atoms with Crippen LogP contribution in [0.3, 0.4) is 0 Å². The summed E-state index contributed by atoms with van der Waals surface area (Å²) in [5.74, 6) is 0.202. The fourth-order valence-corrected chi connectivity index (χ4v) is 4.35. The second kappa shape index (κ2) is 13.3. The summed E-state index contributed by atoms with van der Waals surface area (Å²) in [5.41, 5.74) is 1.19. The topological polar surface area (TPSA) is 107 Å². The van der Waals surface area contributed by atoms with E-state index in [1.54, 1.807) is 73.5 Å². The van der Waals surface area contributed by atoms with Gasteiger partial charge in [0.15, 0.2) is 0 Å². The second-order valence-corrected chi connectivity index (χ2v) is 9.47. The van der Waals surface area contributed by atoms with E-state index in [0.717, 1.165) is 0 Å². The van der Waals surface area contributed by atoms with Crippen LogP contribution in [-0.4, -0.2) is 94.3 Å². The molecule has 38 heavy (non-hydrogen) atoms. The first-order valence-electron chi connectivity index (χ1n) is 12.5. The number of carbonyl (C=O) groups is 3. The maximum absolute atomic E-state index is 13.5. The number of ether oxygens (including phenoxy) is 4. The fourth-order valence-electron chi connectivity index (χ4n) is 4.35. The minimum Gasteiger partial charge on any atom is -0.497 e. The normalized spacial score (nSPS) is 20.5. The van der Waals surface area contributed by atoms with Gasteiger partial charge in [-0.3, -0.25) is 14.4 Å². The van der Waals surface area contributed by atoms with E-state index in [1.165, 1.54) is 7.11 Å². The van der Waals surface area contributed by atoms with Crippen LogP contribution in [-0.2, 0) is 14.3 Å². The molecule has 3 rings (SSSR count). The van der Waals surface area contributed by atoms with Gasteiger partial charge in [0, 0.05) is 51.5 Å². The van der Waals surface area contributed by atoms with Gasteiger partial charge in [-0.05, 0) is 49.4 Å². The van der Waals surface area contributed by atoms with Crippen molar-refractivity contribution in [1.29, 1.82) is 0 Å². The summed E-state index contributed by atoms with van der Waals surface area (Å²) >= 11 is 0. The summed E-state index contributed by atoms with van der Waals surface area (Å²) < 4.78 is 22.0. The van der Waals surface area contributed by atoms with Crippen LogP contribution >= 0.6 is 0 Å². The van der Waals surface area contributed by atoms with Gasteiger partial charge < -0.3 is 34.1 Å². The molecule has 0 saturated carbocycles. The number of hydrogen-bond donors (Lipinski definition) is 1. The lowest BCUT2D eigenvalue weighted by atomic mass is 10.0. The average molecular weight is 528 g/mol. The van der Waals surface area contributed by atoms with Crippen molar-refractivity contribution in [3.05, 3.63) is 53.6 Å². The third-order valence-corrected chi connectivity index (χ3v) is 6.64. The van der Waals surface area contributed by atoms with Gasteiger partial charge in [0.2, 0.25) is 5.91 Å². The van der Waals surface area contributed by atoms with E-state index >= 15 is 0 Å². The first kappa shape index (κ1) is 28.9. The highest BCUT2D eigenvalue weighted by molar-refractivity contribution is 6.05. The number of likely N-dealkylation sites (N-methyl/N-ethyl adjacent to an activating group) is 1. The highest BCUT2D eigenvalue weighted by Crippen LogP contribution is 2.27. The summed E-state index contributed by atoms with van der Waals surface area (Å²) in [6.45, 7) is 4.74. The second-order valence-electron chi connectivity index (χ2n) is 9.47. The third-order valence-electron chi connectivity index (χ3n) is 6.64. The molecule has 3 amide bonds. The first-order chi connectivity index (χ1) is 18.2. The fraction of sp³-hybridized carbons (Fsp3) is 0.464. The van der Waals surface area contributed by atoms with E-state index in [0.29, 0.717) is 41.4 Å². The van der Waals surface area contributed by atoms with Gasteiger partial charge in [-0.15, -0.1) is 0 Å². The first-order valence-corrected chi connectivity index (χ1v) is 12.5. The predicted molar refractivity (Wildman–Crippen MR) is 143 cm³/mol. The van der Waals surface area contributed by atoms with Gasteiger partial charge >= 0.3 is 0 Å². The van der Waals surface area contributed by atoms with Crippen LogP contribution in [0.2, 0.25) is 0 Å². The van der Waals surface area contributed by atoms with Gasteiger partial charge in [-0.25, -0.2) is 0 Å². The third kappa shape index (κ3) is 7.02. The van der Waals surface area contributed by atoms with Gasteiger partial charge in [0.25, 0.3) is 11.8 Å². The summed E-state index contributed by atoms with van der Waals surface area (Å²) in [6, 6.07) is 11.4. The number of carbonyl (C=O) groups excluding carboxylic acids is 3. The molecular formula is C28H37N3O7. The summed E-state index contributed by atoms with van der Waals surface area (Å²) in [5, 5.41) is 2.84. The molecule has 10 nitrogen and oxygen atoms in total. The Balaban J connectivity index is 1.92. The van der Waals surface area contributed by atoms with E-state index in [2.05, 4.69) is 5.32 Å². The number of amides is 3. The Morgan fingerprint density at radius 3 is 2.39 bits per heavy atom. The largest absolute Gasteiger partial charge is 0.497 e. The van der Waals surface area contributed by atoms with E-state index < -0.39 is 0 Å². The minimum atomic E-state index is -0.323. The molecule has 0 saturated heterocycles. The van der Waals surface area contributed by atoms with Crippen LogP contribution in [0.4, 0.5) is 5.69 Å². The molecule has 1 N–H and O–H groups in total. The summed E-state index contributed by atoms with van der Waals surface area (Å²) in [6.07, 6.45) is -0.309. The number of anilines is 1. The molecule has 0 aliphatic carbocycles. The van der Waals surface area contributed by atoms with Crippen LogP contribution in [0.25, 0.3) is 0 Å². The SMILES string of the molecule is COCC(=O)N1C[C@H](C)[C@@H](OC)CN(C)C(=O)c2cc(NC(=O)c3ccc(OC)cc3)ccc2OC[C@@H]1C. The molecular weight excluding hydrogens is 490 g/mol. The van der Waals surface area contributed by atoms with Crippen LogP contribution in [0.5, 0.6) is 11.5 Å². The van der Waals surface area contributed by atoms with E-state index in [1.807, 2.05) is 13.8 Å². The Kier molecular flexibility index (Phi) is 10.1. The maximum atomic E-state index is 13.5. The lowest BCUT2D eigenvalue weighted by molar-refractivity contribution is -0.139. The van der Waals surface area contributed by atoms with E-state index in [4.69, 9.17) is 18.9 Å². The van der Waals surface area contributed by atoms with Crippen LogP contribution in [0.15, 0.2) is 42.5 Å². The Labute approximate surface area is 223 Å². The zero-order valence-electron chi connectivity index (χ0n) is 22.9. The number of fused-ring (bicyclic) bond motifs is 1. The van der Waals surface area contributed by atoms with Gasteiger partial charge in [0.05, 0.1) is 24.8 Å². The number of nitrogens with zero attached hydrogens (tertiary/aromatic N) is 2. The van der Waals surface area contributed by atoms with Gasteiger partial charge in [0.1, 0.15) is 24.7 Å². The molecule has 0 spiro atoms. The molecule has 2 aromatic rings. The average Bonchev–Trinajstić information content (AvgIpc) is 2.92. The standard InChI is InChI=1S/C28H37N3O7/c1-18-14-31(26(32)17-35-4)19(2)16-38-24-12-9-21(13-23(24)28(34)30(3)15-25(18)37-6)29-27(33)20-7-10-22(36-5)11-8-20/h7-13,18-19,25H,14-17H2,1-6H3,(H,29,33)/t18-,19-,25-/m0/s1. The van der Waals surface area contributed by atoms with Crippen molar-refractivity contribution in [2.24, 2.45) is 5.92 Å². The van der Waals surface area contributed by atoms with Crippen molar-refractivity contribution < 1.29 is 33.3 Å². The van der Waals surface area contributed by atoms with Crippen molar-refractivity contribution >= 4 is 23.4 Å². The lowest BCUT2D eigenvalue weighted by Crippen LogP contribution is -2.49. The molecule has 0 aromatic heterocycles. The van der Waals surface area contributed by atoms with Gasteiger partial charge in [-0.1, -0.05) is 6.92 Å². The predicted octanol–water partition coefficient (Wildman–Crippen LogP) is 2.93. The summed E-state index contributed by atoms with van der Waals surface area (Å²) in [7, 11) is 6.33. The van der Waals surface area contributed by atoms with Crippen molar-refractivity contribution in [3.8, 4) is 11.5 Å². The van der Waals surface area contributed by atoms with Crippen molar-refractivity contribution in [3.63, 3.8) is 0 Å². The quantitative estimate of drug-likeness (QED) is 0.616. The number of benzene rings is 2. The zero-order valence-corrected chi connectivity index (χ0v) is 22.9. The molecule has 1 aliphatic heterocycles. The summed E-state index contributed by atoms with van der Waals surface area (Å²) in [4.78, 5) is 42.4. The van der Waals surface area contributed by atoms with Crippen molar-refractivity contribution in [2.75, 3.05) is 60.0 Å². The van der Waals surface area contributed by atoms with E-state index in [9.17, 15) is 14.4 Å². The van der Waals surface area contributed by atoms with Crippen molar-refractivity contribution in [1.82, 2.24) is 9.80 Å². The number of nitrogens with one attached hydrogen (secondary N) is 1. The molecule has 3 atom stereocenters. The molecule has 0 fully saturated rings. The number of methoxy groups -OCH3 is 3. The monoisotopic (exact) mass is 527 g/mol. The lowest BCUT2D eigenvalue weighted by Gasteiger charge is -2.36. The molecule has 0 radical (unpaired) electrons. The Bertz CT molecular complexity index is 1120. The van der Waals surface area contributed by atoms with E-state index in [-0.39, 0.29) is 49.0 Å². The van der Waals surface area contributed by atoms with Crippen LogP contribution < -0.4 is 14.8 Å². The number of rotatable bonds is 6. The Hall–Kier alpha value is -3.63. The highest BCUT2D eigenvalue weighted by Gasteiger charge is 2.30. The Morgan fingerprint density at radius 2 is 1.76 bits per heavy atom. The molecule has 2 aromatic carbocycles. The molecule has 206 valence electrons. The highest BCUT2D eigenvalue weighted by atomic mass is 16.5.